The smallest absolute Gasteiger partial charge is 0.163 e. The lowest BCUT2D eigenvalue weighted by atomic mass is 10.0. The molecule has 2 rings (SSSR count). The number of rotatable bonds is 6. The van der Waals surface area contributed by atoms with Gasteiger partial charge in [0.25, 0.3) is 0 Å². The Bertz CT molecular complexity index is 391. The first-order valence-electron chi connectivity index (χ1n) is 5.86. The van der Waals surface area contributed by atoms with Gasteiger partial charge in [0.2, 0.25) is 0 Å². The van der Waals surface area contributed by atoms with Crippen molar-refractivity contribution < 1.29 is 8.78 Å². The van der Waals surface area contributed by atoms with Crippen molar-refractivity contribution in [1.29, 1.82) is 0 Å². The maximum absolute atomic E-state index is 13.3. The van der Waals surface area contributed by atoms with Crippen molar-refractivity contribution in [2.75, 3.05) is 12.4 Å². The normalized spacial score (nSPS) is 17.1. The molecule has 1 aromatic carbocycles. The van der Waals surface area contributed by atoms with Gasteiger partial charge in [-0.2, -0.15) is 0 Å². The molecule has 1 fully saturated rings. The van der Waals surface area contributed by atoms with Crippen LogP contribution in [0.15, 0.2) is 18.2 Å². The van der Waals surface area contributed by atoms with Gasteiger partial charge in [0.15, 0.2) is 11.6 Å². The van der Waals surface area contributed by atoms with Gasteiger partial charge in [-0.25, -0.2) is 8.78 Å². The van der Waals surface area contributed by atoms with Gasteiger partial charge in [-0.3, -0.25) is 0 Å². The number of nitrogens with one attached hydrogen (secondary N) is 1. The third-order valence-corrected chi connectivity index (χ3v) is 3.62. The summed E-state index contributed by atoms with van der Waals surface area (Å²) in [5.74, 6) is -0.871. The van der Waals surface area contributed by atoms with E-state index in [0.29, 0.717) is 23.4 Å². The van der Waals surface area contributed by atoms with Crippen molar-refractivity contribution in [2.45, 2.75) is 25.8 Å². The van der Waals surface area contributed by atoms with Crippen LogP contribution in [-0.2, 0) is 6.54 Å². The van der Waals surface area contributed by atoms with Crippen LogP contribution in [0.5, 0.6) is 0 Å². The molecular weight excluding hydrogens is 244 g/mol. The molecule has 0 unspecified atom stereocenters. The fourth-order valence-corrected chi connectivity index (χ4v) is 2.44. The molecule has 0 atom stereocenters. The van der Waals surface area contributed by atoms with Crippen LogP contribution >= 0.6 is 11.6 Å². The number of alkyl halides is 1. The molecule has 0 heterocycles. The first kappa shape index (κ1) is 12.8. The summed E-state index contributed by atoms with van der Waals surface area (Å²) in [5.41, 5.74) is 0.692. The lowest BCUT2D eigenvalue weighted by Gasteiger charge is -2.14. The van der Waals surface area contributed by atoms with Gasteiger partial charge in [0.1, 0.15) is 0 Å². The molecule has 1 aliphatic rings. The second-order valence-electron chi connectivity index (χ2n) is 4.76. The second kappa shape index (κ2) is 5.32. The van der Waals surface area contributed by atoms with Crippen molar-refractivity contribution in [3.05, 3.63) is 35.4 Å². The molecule has 0 saturated heterocycles. The van der Waals surface area contributed by atoms with Crippen LogP contribution in [0.2, 0.25) is 0 Å². The van der Waals surface area contributed by atoms with Gasteiger partial charge < -0.3 is 5.32 Å². The number of hydrogen-bond donors (Lipinski definition) is 1. The van der Waals surface area contributed by atoms with E-state index in [1.807, 2.05) is 0 Å². The molecule has 0 radical (unpaired) electrons. The van der Waals surface area contributed by atoms with Crippen LogP contribution in [0.4, 0.5) is 8.78 Å². The van der Waals surface area contributed by atoms with Gasteiger partial charge in [-0.1, -0.05) is 12.1 Å². The number of benzene rings is 1. The molecule has 17 heavy (non-hydrogen) atoms. The molecule has 1 nitrogen and oxygen atoms in total. The summed E-state index contributed by atoms with van der Waals surface area (Å²) in [5, 5.41) is 3.19. The van der Waals surface area contributed by atoms with Crippen LogP contribution < -0.4 is 5.32 Å². The Hall–Kier alpha value is -0.670. The van der Waals surface area contributed by atoms with Crippen LogP contribution in [-0.4, -0.2) is 12.4 Å². The molecule has 1 aliphatic carbocycles. The van der Waals surface area contributed by atoms with Crippen molar-refractivity contribution >= 4 is 11.6 Å². The average molecular weight is 260 g/mol. The topological polar surface area (TPSA) is 12.0 Å². The Kier molecular flexibility index (Phi) is 4.00. The Labute approximate surface area is 105 Å². The molecule has 94 valence electrons. The van der Waals surface area contributed by atoms with Crippen LogP contribution in [0.25, 0.3) is 0 Å². The Balaban J connectivity index is 1.84. The zero-order chi connectivity index (χ0) is 12.3. The van der Waals surface area contributed by atoms with Gasteiger partial charge in [0, 0.05) is 24.5 Å². The van der Waals surface area contributed by atoms with Crippen molar-refractivity contribution in [3.63, 3.8) is 0 Å². The zero-order valence-corrected chi connectivity index (χ0v) is 10.4. The minimum Gasteiger partial charge on any atom is -0.312 e. The molecule has 0 amide bonds. The van der Waals surface area contributed by atoms with Gasteiger partial charge >= 0.3 is 0 Å². The third kappa shape index (κ3) is 3.17. The SMILES string of the molecule is Fc1cccc(CNCC2(CCCl)CC2)c1F. The fraction of sp³-hybridized carbons (Fsp3) is 0.538. The third-order valence-electron chi connectivity index (χ3n) is 3.43. The van der Waals surface area contributed by atoms with E-state index in [1.54, 1.807) is 6.07 Å². The van der Waals surface area contributed by atoms with Crippen molar-refractivity contribution in [1.82, 2.24) is 5.32 Å². The van der Waals surface area contributed by atoms with E-state index in [-0.39, 0.29) is 0 Å². The van der Waals surface area contributed by atoms with E-state index in [0.717, 1.165) is 19.0 Å². The maximum atomic E-state index is 13.3. The summed E-state index contributed by atoms with van der Waals surface area (Å²) in [7, 11) is 0. The molecule has 0 aromatic heterocycles. The summed E-state index contributed by atoms with van der Waals surface area (Å²) in [6, 6.07) is 4.27. The predicted molar refractivity (Wildman–Crippen MR) is 65.1 cm³/mol. The molecule has 0 bridgehead atoms. The summed E-state index contributed by atoms with van der Waals surface area (Å²) < 4.78 is 26.3. The monoisotopic (exact) mass is 259 g/mol. The Morgan fingerprint density at radius 2 is 2.06 bits per heavy atom. The fourth-order valence-electron chi connectivity index (χ4n) is 2.04. The summed E-state index contributed by atoms with van der Waals surface area (Å²) in [6.07, 6.45) is 3.35. The summed E-state index contributed by atoms with van der Waals surface area (Å²) in [4.78, 5) is 0. The first-order chi connectivity index (χ1) is 8.17. The molecule has 1 saturated carbocycles. The largest absolute Gasteiger partial charge is 0.312 e. The van der Waals surface area contributed by atoms with Gasteiger partial charge in [-0.05, 0) is 30.7 Å². The van der Waals surface area contributed by atoms with E-state index < -0.39 is 11.6 Å². The highest BCUT2D eigenvalue weighted by Crippen LogP contribution is 2.48. The maximum Gasteiger partial charge on any atom is 0.163 e. The Morgan fingerprint density at radius 1 is 1.29 bits per heavy atom. The van der Waals surface area contributed by atoms with Crippen LogP contribution in [0.3, 0.4) is 0 Å². The second-order valence-corrected chi connectivity index (χ2v) is 5.13. The highest BCUT2D eigenvalue weighted by Gasteiger charge is 2.41. The number of hydrogen-bond acceptors (Lipinski definition) is 1. The van der Waals surface area contributed by atoms with E-state index in [2.05, 4.69) is 5.32 Å². The molecule has 0 spiro atoms. The molecule has 1 N–H and O–H groups in total. The van der Waals surface area contributed by atoms with Crippen molar-refractivity contribution in [3.8, 4) is 0 Å². The summed E-state index contributed by atoms with van der Waals surface area (Å²) >= 11 is 5.73. The van der Waals surface area contributed by atoms with E-state index >= 15 is 0 Å². The lowest BCUT2D eigenvalue weighted by Crippen LogP contribution is -2.24. The lowest BCUT2D eigenvalue weighted by molar-refractivity contribution is 0.437. The van der Waals surface area contributed by atoms with Crippen LogP contribution in [0.1, 0.15) is 24.8 Å². The molecule has 1 aromatic rings. The van der Waals surface area contributed by atoms with Crippen LogP contribution in [0, 0.1) is 17.0 Å². The quantitative estimate of drug-likeness (QED) is 0.772. The van der Waals surface area contributed by atoms with E-state index in [1.165, 1.54) is 18.9 Å². The molecule has 0 aliphatic heterocycles. The molecular formula is C13H16ClF2N. The molecule has 4 heteroatoms. The first-order valence-corrected chi connectivity index (χ1v) is 6.40. The predicted octanol–water partition coefficient (Wildman–Crippen LogP) is 3.46. The van der Waals surface area contributed by atoms with Gasteiger partial charge in [0.05, 0.1) is 0 Å². The highest BCUT2D eigenvalue weighted by atomic mass is 35.5. The van der Waals surface area contributed by atoms with Gasteiger partial charge in [-0.15, -0.1) is 11.6 Å². The Morgan fingerprint density at radius 3 is 2.71 bits per heavy atom. The minimum absolute atomic E-state index is 0.311. The number of halogens is 3. The minimum atomic E-state index is -0.786. The average Bonchev–Trinajstić information content (AvgIpc) is 3.05. The van der Waals surface area contributed by atoms with E-state index in [9.17, 15) is 8.78 Å². The van der Waals surface area contributed by atoms with E-state index in [4.69, 9.17) is 11.6 Å². The van der Waals surface area contributed by atoms with Crippen molar-refractivity contribution in [2.24, 2.45) is 5.41 Å². The highest BCUT2D eigenvalue weighted by molar-refractivity contribution is 6.17. The summed E-state index contributed by atoms with van der Waals surface area (Å²) in [6.45, 7) is 1.20. The standard InChI is InChI=1S/C13H16ClF2N/c14-7-6-13(4-5-13)9-17-8-10-2-1-3-11(15)12(10)16/h1-3,17H,4-9H2. The zero-order valence-electron chi connectivity index (χ0n) is 9.61.